The maximum atomic E-state index is 3.51. The van der Waals surface area contributed by atoms with Crippen molar-refractivity contribution in [2.24, 2.45) is 0 Å². The molecule has 1 atom stereocenters. The molecule has 1 aromatic carbocycles. The van der Waals surface area contributed by atoms with Crippen molar-refractivity contribution in [3.63, 3.8) is 0 Å². The number of fused-ring (bicyclic) bond motifs is 1. The third-order valence-electron chi connectivity index (χ3n) is 4.64. The summed E-state index contributed by atoms with van der Waals surface area (Å²) in [6, 6.07) is 11.4. The van der Waals surface area contributed by atoms with Crippen LogP contribution in [-0.4, -0.2) is 55.1 Å². The number of nitrogens with one attached hydrogen (secondary N) is 1. The van der Waals surface area contributed by atoms with Crippen molar-refractivity contribution >= 4 is 5.69 Å². The van der Waals surface area contributed by atoms with Crippen LogP contribution in [0.4, 0.5) is 5.69 Å². The molecule has 0 radical (unpaired) electrons. The number of anilines is 1. The van der Waals surface area contributed by atoms with Gasteiger partial charge in [0, 0.05) is 24.8 Å². The number of benzene rings is 1. The van der Waals surface area contributed by atoms with Crippen molar-refractivity contribution in [3.8, 4) is 0 Å². The second-order valence-corrected chi connectivity index (χ2v) is 6.13. The Bertz CT molecular complexity index is 392. The van der Waals surface area contributed by atoms with Gasteiger partial charge in [-0.25, -0.2) is 0 Å². The van der Waals surface area contributed by atoms with Gasteiger partial charge < -0.3 is 10.2 Å². The number of nitrogens with zero attached hydrogens (tertiary/aromatic N) is 2. The van der Waals surface area contributed by atoms with Crippen LogP contribution in [0.25, 0.3) is 0 Å². The van der Waals surface area contributed by atoms with Crippen LogP contribution in [0.1, 0.15) is 25.7 Å². The maximum Gasteiger partial charge on any atom is 0.0340 e. The van der Waals surface area contributed by atoms with Gasteiger partial charge in [0.1, 0.15) is 0 Å². The number of rotatable bonds is 5. The molecule has 110 valence electrons. The molecule has 20 heavy (non-hydrogen) atoms. The van der Waals surface area contributed by atoms with E-state index < -0.39 is 0 Å². The Morgan fingerprint density at radius 3 is 2.80 bits per heavy atom. The molecule has 2 aliphatic heterocycles. The fourth-order valence-electron chi connectivity index (χ4n) is 3.58. The molecule has 0 aromatic heterocycles. The molecule has 2 fully saturated rings. The van der Waals surface area contributed by atoms with E-state index in [0.29, 0.717) is 0 Å². The fraction of sp³-hybridized carbons (Fsp3) is 0.647. The lowest BCUT2D eigenvalue weighted by Gasteiger charge is -2.25. The minimum Gasteiger partial charge on any atom is -0.385 e. The molecule has 2 saturated heterocycles. The molecule has 3 heteroatoms. The summed E-state index contributed by atoms with van der Waals surface area (Å²) in [4.78, 5) is 5.39. The molecule has 0 spiro atoms. The molecule has 0 aliphatic carbocycles. The first-order chi connectivity index (χ1) is 9.92. The summed E-state index contributed by atoms with van der Waals surface area (Å²) in [6.07, 6.45) is 5.41. The summed E-state index contributed by atoms with van der Waals surface area (Å²) >= 11 is 0. The van der Waals surface area contributed by atoms with Gasteiger partial charge in [-0.3, -0.25) is 4.90 Å². The summed E-state index contributed by atoms with van der Waals surface area (Å²) in [7, 11) is 0. The SMILES string of the molecule is c1ccc(NCCCN2CCCN3CCCC3C2)cc1. The molecule has 3 rings (SSSR count). The first kappa shape index (κ1) is 13.9. The van der Waals surface area contributed by atoms with E-state index in [1.54, 1.807) is 0 Å². The lowest BCUT2D eigenvalue weighted by molar-refractivity contribution is 0.220. The molecule has 0 saturated carbocycles. The molecule has 0 bridgehead atoms. The van der Waals surface area contributed by atoms with Gasteiger partial charge in [-0.15, -0.1) is 0 Å². The third-order valence-corrected chi connectivity index (χ3v) is 4.64. The quantitative estimate of drug-likeness (QED) is 0.832. The molecular weight excluding hydrogens is 246 g/mol. The van der Waals surface area contributed by atoms with E-state index in [4.69, 9.17) is 0 Å². The Hall–Kier alpha value is -1.06. The van der Waals surface area contributed by atoms with Crippen LogP contribution in [0, 0.1) is 0 Å². The zero-order chi connectivity index (χ0) is 13.6. The van der Waals surface area contributed by atoms with Gasteiger partial charge in [0.2, 0.25) is 0 Å². The Morgan fingerprint density at radius 2 is 1.90 bits per heavy atom. The second kappa shape index (κ2) is 7.09. The summed E-state index contributed by atoms with van der Waals surface area (Å²) in [5.74, 6) is 0. The van der Waals surface area contributed by atoms with Gasteiger partial charge in [-0.2, -0.15) is 0 Å². The highest BCUT2D eigenvalue weighted by Gasteiger charge is 2.28. The van der Waals surface area contributed by atoms with Gasteiger partial charge in [0.15, 0.2) is 0 Å². The van der Waals surface area contributed by atoms with Gasteiger partial charge in [-0.1, -0.05) is 18.2 Å². The number of hydrogen-bond acceptors (Lipinski definition) is 3. The van der Waals surface area contributed by atoms with Crippen LogP contribution in [0.5, 0.6) is 0 Å². The normalized spacial score (nSPS) is 24.3. The van der Waals surface area contributed by atoms with Crippen molar-refractivity contribution < 1.29 is 0 Å². The maximum absolute atomic E-state index is 3.51. The van der Waals surface area contributed by atoms with Crippen molar-refractivity contribution in [1.82, 2.24) is 9.80 Å². The first-order valence-electron chi connectivity index (χ1n) is 8.17. The van der Waals surface area contributed by atoms with E-state index in [1.165, 1.54) is 64.1 Å². The summed E-state index contributed by atoms with van der Waals surface area (Å²) in [6.45, 7) is 7.57. The molecule has 3 nitrogen and oxygen atoms in total. The van der Waals surface area contributed by atoms with E-state index in [0.717, 1.165) is 12.6 Å². The highest BCUT2D eigenvalue weighted by molar-refractivity contribution is 5.42. The van der Waals surface area contributed by atoms with E-state index >= 15 is 0 Å². The van der Waals surface area contributed by atoms with E-state index in [9.17, 15) is 0 Å². The van der Waals surface area contributed by atoms with E-state index in [2.05, 4.69) is 45.4 Å². The van der Waals surface area contributed by atoms with Crippen LogP contribution >= 0.6 is 0 Å². The molecule has 2 aliphatic rings. The van der Waals surface area contributed by atoms with Crippen molar-refractivity contribution in [2.75, 3.05) is 44.6 Å². The first-order valence-corrected chi connectivity index (χ1v) is 8.17. The lowest BCUT2D eigenvalue weighted by Crippen LogP contribution is -2.37. The average Bonchev–Trinajstić information content (AvgIpc) is 2.83. The Labute approximate surface area is 123 Å². The topological polar surface area (TPSA) is 18.5 Å². The monoisotopic (exact) mass is 273 g/mol. The minimum atomic E-state index is 0.847. The highest BCUT2D eigenvalue weighted by Crippen LogP contribution is 2.21. The Balaban J connectivity index is 1.37. The number of para-hydroxylation sites is 1. The van der Waals surface area contributed by atoms with Crippen LogP contribution in [0.2, 0.25) is 0 Å². The Morgan fingerprint density at radius 1 is 1.05 bits per heavy atom. The minimum absolute atomic E-state index is 0.847. The van der Waals surface area contributed by atoms with Crippen molar-refractivity contribution in [2.45, 2.75) is 31.7 Å². The standard InChI is InChI=1S/C17H27N3/c1-2-7-16(8-3-1)18-10-5-11-19-12-6-14-20-13-4-9-17(20)15-19/h1-3,7-8,17-18H,4-6,9-15H2. The van der Waals surface area contributed by atoms with Gasteiger partial charge in [0.25, 0.3) is 0 Å². The highest BCUT2D eigenvalue weighted by atomic mass is 15.3. The van der Waals surface area contributed by atoms with Crippen LogP contribution < -0.4 is 5.32 Å². The van der Waals surface area contributed by atoms with Gasteiger partial charge in [-0.05, 0) is 64.0 Å². The smallest absolute Gasteiger partial charge is 0.0340 e. The summed E-state index contributed by atoms with van der Waals surface area (Å²) < 4.78 is 0. The second-order valence-electron chi connectivity index (χ2n) is 6.13. The molecular formula is C17H27N3. The summed E-state index contributed by atoms with van der Waals surface area (Å²) in [5.41, 5.74) is 1.24. The van der Waals surface area contributed by atoms with Crippen LogP contribution in [-0.2, 0) is 0 Å². The van der Waals surface area contributed by atoms with E-state index in [-0.39, 0.29) is 0 Å². The molecule has 0 amide bonds. The van der Waals surface area contributed by atoms with Gasteiger partial charge in [0.05, 0.1) is 0 Å². The van der Waals surface area contributed by atoms with E-state index in [1.807, 2.05) is 0 Å². The lowest BCUT2D eigenvalue weighted by atomic mass is 10.2. The molecule has 1 N–H and O–H groups in total. The fourth-order valence-corrected chi connectivity index (χ4v) is 3.58. The van der Waals surface area contributed by atoms with Crippen LogP contribution in [0.15, 0.2) is 30.3 Å². The molecule has 1 aromatic rings. The molecule has 1 unspecified atom stereocenters. The predicted molar refractivity (Wildman–Crippen MR) is 85.2 cm³/mol. The zero-order valence-corrected chi connectivity index (χ0v) is 12.4. The Kier molecular flexibility index (Phi) is 4.93. The predicted octanol–water partition coefficient (Wildman–Crippen LogP) is 2.66. The van der Waals surface area contributed by atoms with Crippen LogP contribution in [0.3, 0.4) is 0 Å². The van der Waals surface area contributed by atoms with Gasteiger partial charge >= 0.3 is 0 Å². The third kappa shape index (κ3) is 3.74. The molecule has 2 heterocycles. The average molecular weight is 273 g/mol. The van der Waals surface area contributed by atoms with Crippen molar-refractivity contribution in [1.29, 1.82) is 0 Å². The largest absolute Gasteiger partial charge is 0.385 e. The van der Waals surface area contributed by atoms with Crippen molar-refractivity contribution in [3.05, 3.63) is 30.3 Å². The zero-order valence-electron chi connectivity index (χ0n) is 12.4. The summed E-state index contributed by atoms with van der Waals surface area (Å²) in [5, 5.41) is 3.51. The number of hydrogen-bond donors (Lipinski definition) is 1.